The molecule has 1 aliphatic rings. The van der Waals surface area contributed by atoms with Crippen LogP contribution in [-0.2, 0) is 112 Å². The third kappa shape index (κ3) is 28.5. The van der Waals surface area contributed by atoms with Crippen LogP contribution in [0.15, 0.2) is 269 Å². The van der Waals surface area contributed by atoms with Crippen LogP contribution in [-0.4, -0.2) is 85.3 Å². The van der Waals surface area contributed by atoms with Crippen LogP contribution in [0.2, 0.25) is 0 Å². The summed E-state index contributed by atoms with van der Waals surface area (Å²) in [6, 6.07) is 71.4. The maximum absolute atomic E-state index is 4.38. The first kappa shape index (κ1) is 92.3. The maximum Gasteiger partial charge on any atom is 2.00 e. The molecule has 0 N–H and O–H groups in total. The van der Waals surface area contributed by atoms with Gasteiger partial charge in [0, 0.05) is 105 Å². The van der Waals surface area contributed by atoms with E-state index in [0.29, 0.717) is 0 Å². The summed E-state index contributed by atoms with van der Waals surface area (Å²) in [5.41, 5.74) is 21.0. The average molecular weight is 2230 g/mol. The number of pyridine rings is 4. The Morgan fingerprint density at radius 3 is 0.921 bits per heavy atom. The summed E-state index contributed by atoms with van der Waals surface area (Å²) in [5.74, 6) is 0. The molecule has 0 radical (unpaired) electrons. The van der Waals surface area contributed by atoms with Crippen LogP contribution in [0.1, 0.15) is 123 Å². The minimum atomic E-state index is 0. The second kappa shape index (κ2) is 45.9. The van der Waals surface area contributed by atoms with E-state index in [9.17, 15) is 0 Å². The van der Waals surface area contributed by atoms with Gasteiger partial charge in [0.05, 0.1) is 22.8 Å². The second-order valence-corrected chi connectivity index (χ2v) is 28.6. The average Bonchev–Trinajstić information content (AvgIpc) is 1.61. The first-order valence-electron chi connectivity index (χ1n) is 35.8. The first-order valence-corrected chi connectivity index (χ1v) is 35.8. The van der Waals surface area contributed by atoms with E-state index < -0.39 is 0 Å². The van der Waals surface area contributed by atoms with Crippen molar-refractivity contribution in [3.8, 4) is 90.7 Å². The largest absolute Gasteiger partial charge is 2.00 e. The van der Waals surface area contributed by atoms with E-state index in [1.807, 2.05) is 201 Å². The molecule has 0 amide bonds. The van der Waals surface area contributed by atoms with Gasteiger partial charge in [-0.3, -0.25) is 4.98 Å². The Kier molecular flexibility index (Phi) is 37.2. The number of aryl methyl sites for hydroxylation is 1. The quantitative estimate of drug-likeness (QED) is 0.128. The zero-order chi connectivity index (χ0) is 77.6. The van der Waals surface area contributed by atoms with E-state index in [-0.39, 0.29) is 106 Å². The van der Waals surface area contributed by atoms with E-state index in [1.54, 1.807) is 55.9 Å². The van der Waals surface area contributed by atoms with Crippen molar-refractivity contribution in [1.82, 2.24) is 111 Å². The van der Waals surface area contributed by atoms with Gasteiger partial charge in [-0.05, 0) is 103 Å². The fraction of sp³-hybridized carbons (Fsp3) is 0.216. The van der Waals surface area contributed by atoms with E-state index in [2.05, 4.69) is 205 Å². The van der Waals surface area contributed by atoms with Crippen molar-refractivity contribution in [3.63, 3.8) is 0 Å². The number of hydrogen-bond acceptors (Lipinski definition) is 17. The molecule has 1 aliphatic carbocycles. The van der Waals surface area contributed by atoms with Crippen molar-refractivity contribution < 1.29 is 84.3 Å². The minimum Gasteiger partial charge on any atom is -0.574 e. The monoisotopic (exact) mass is 2230 g/mol. The molecule has 13 aromatic heterocycles. The molecule has 3 aromatic carbocycles. The molecule has 13 heterocycles. The van der Waals surface area contributed by atoms with Crippen molar-refractivity contribution in [2.75, 3.05) is 0 Å². The molecule has 16 aromatic rings. The molecule has 0 unspecified atom stereocenters. The SMILES string of the molecule is CC(C)(C)c1cc(-c2ccccn2)[n-]n1.CC(C)(C)c1cc(-c2ccncn2)[n-]n1.CC(C)(C)c1cc(-c2ccncn2)[n-]n1.CC1(C)CCCc2c1n[n-]c2-c1ccncn1.Cc1cc(-c2ccncn2)[n-]n1.[Pt+2].[Pt+2].[Pt+2].[Pt+2].[c-]1ccccc1-c1ccccn1.[c-]1ccccc1-c1ccccn1.[c-]1ccccc1-c1ccccn1. The van der Waals surface area contributed by atoms with Crippen molar-refractivity contribution in [3.05, 3.63) is 321 Å². The van der Waals surface area contributed by atoms with Crippen molar-refractivity contribution in [2.24, 2.45) is 0 Å². The number of aromatic nitrogens is 22. The van der Waals surface area contributed by atoms with E-state index in [4.69, 9.17) is 0 Å². The molecule has 588 valence electrons. The number of fused-ring (bicyclic) bond motifs is 1. The van der Waals surface area contributed by atoms with Crippen LogP contribution in [0.25, 0.3) is 90.7 Å². The summed E-state index contributed by atoms with van der Waals surface area (Å²) in [4.78, 5) is 49.0. The Balaban J connectivity index is 0.000000202. The number of nitrogens with zero attached hydrogens (tertiary/aromatic N) is 22. The van der Waals surface area contributed by atoms with Gasteiger partial charge in [-0.1, -0.05) is 171 Å². The van der Waals surface area contributed by atoms with Gasteiger partial charge < -0.3 is 65.9 Å². The second-order valence-electron chi connectivity index (χ2n) is 28.6. The van der Waals surface area contributed by atoms with Gasteiger partial charge in [0.1, 0.15) is 25.3 Å². The summed E-state index contributed by atoms with van der Waals surface area (Å²) in [6.45, 7) is 25.4. The standard InChI is InChI=1S/C13H15N4.C12H14N3.2C11H13N4.3C11H8N.C8H7N4.4Pt/c1-13(2)6-3-4-9-11(16-17-12(9)13)10-5-7-14-8-15-10;1-12(2,3)11-8-10(14-15-11)9-6-4-5-7-13-9;2*1-11(2,3)10-6-9(14-15-10)8-4-5-12-7-13-8;3*1-2-6-10(7-3-1)11-8-4-5-9-12-11;1-6-4-8(12-11-6)7-2-3-9-5-10-7;;;;/h5,7-8H,3-4,6H2,1-2H3;4-8H,1-3H3;2*4-7H,1-3H3;3*1-6,8-9H;2-5H,1H3;;;;/q8*-1;4*+2. The molecule has 17 rings (SSSR count). The summed E-state index contributed by atoms with van der Waals surface area (Å²) >= 11 is 0. The number of rotatable bonds is 8. The van der Waals surface area contributed by atoms with Gasteiger partial charge in [0.25, 0.3) is 0 Å². The van der Waals surface area contributed by atoms with Gasteiger partial charge in [-0.2, -0.15) is 0 Å². The van der Waals surface area contributed by atoms with E-state index in [0.717, 1.165) is 126 Å². The number of benzene rings is 3. The fourth-order valence-corrected chi connectivity index (χ4v) is 10.5. The van der Waals surface area contributed by atoms with Crippen LogP contribution >= 0.6 is 0 Å². The molecule has 0 aliphatic heterocycles. The molecule has 26 heteroatoms. The van der Waals surface area contributed by atoms with Gasteiger partial charge in [0.15, 0.2) is 0 Å². The Bertz CT molecular complexity index is 4740. The normalized spacial score (nSPS) is 11.4. The van der Waals surface area contributed by atoms with E-state index in [1.165, 1.54) is 37.4 Å². The van der Waals surface area contributed by atoms with Crippen molar-refractivity contribution >= 4 is 0 Å². The van der Waals surface area contributed by atoms with Crippen LogP contribution in [0.5, 0.6) is 0 Å². The molecular weight excluding hydrogens is 2150 g/mol. The molecule has 0 bridgehead atoms. The Morgan fingerprint density at radius 2 is 0.640 bits per heavy atom. The predicted octanol–water partition coefficient (Wildman–Crippen LogP) is 16.5. The number of hydrogen-bond donors (Lipinski definition) is 0. The minimum absolute atomic E-state index is 0. The fourth-order valence-electron chi connectivity index (χ4n) is 10.5. The maximum atomic E-state index is 4.38. The smallest absolute Gasteiger partial charge is 0.574 e. The topological polar surface area (TPSA) is 290 Å². The molecule has 0 spiro atoms. The zero-order valence-corrected chi connectivity index (χ0v) is 74.2. The third-order valence-corrected chi connectivity index (χ3v) is 16.5. The first-order chi connectivity index (χ1) is 53.2. The van der Waals surface area contributed by atoms with Gasteiger partial charge in [0.2, 0.25) is 0 Å². The summed E-state index contributed by atoms with van der Waals surface area (Å²) in [6.07, 6.45) is 23.5. The molecule has 114 heavy (non-hydrogen) atoms. The summed E-state index contributed by atoms with van der Waals surface area (Å²) < 4.78 is 0. The zero-order valence-electron chi connectivity index (χ0n) is 65.1. The Morgan fingerprint density at radius 1 is 0.325 bits per heavy atom. The van der Waals surface area contributed by atoms with E-state index >= 15 is 0 Å². The van der Waals surface area contributed by atoms with Gasteiger partial charge >= 0.3 is 84.3 Å². The summed E-state index contributed by atoms with van der Waals surface area (Å²) in [7, 11) is 0. The molecular formula is C88H86N22Pt4. The summed E-state index contributed by atoms with van der Waals surface area (Å²) in [5, 5.41) is 41.4. The third-order valence-electron chi connectivity index (χ3n) is 16.5. The Hall–Kier alpha value is -10.6. The molecule has 0 saturated carbocycles. The van der Waals surface area contributed by atoms with Crippen LogP contribution < -0.4 is 25.5 Å². The Labute approximate surface area is 724 Å². The van der Waals surface area contributed by atoms with Crippen molar-refractivity contribution in [1.29, 1.82) is 0 Å². The van der Waals surface area contributed by atoms with Gasteiger partial charge in [-0.15, -0.1) is 108 Å². The molecule has 0 atom stereocenters. The van der Waals surface area contributed by atoms with Crippen LogP contribution in [0, 0.1) is 25.1 Å². The molecule has 0 fully saturated rings. The molecule has 0 saturated heterocycles. The van der Waals surface area contributed by atoms with Gasteiger partial charge in [-0.25, -0.2) is 39.9 Å². The predicted molar refractivity (Wildman–Crippen MR) is 427 cm³/mol. The molecule has 22 nitrogen and oxygen atoms in total. The van der Waals surface area contributed by atoms with Crippen LogP contribution in [0.4, 0.5) is 0 Å². The van der Waals surface area contributed by atoms with Crippen LogP contribution in [0.3, 0.4) is 0 Å². The van der Waals surface area contributed by atoms with Crippen molar-refractivity contribution in [2.45, 2.75) is 124 Å².